The summed E-state index contributed by atoms with van der Waals surface area (Å²) in [6, 6.07) is 0.133. The van der Waals surface area contributed by atoms with E-state index in [0.717, 1.165) is 32.4 Å². The number of nitrogens with one attached hydrogen (secondary N) is 1. The molecule has 0 aliphatic carbocycles. The Morgan fingerprint density at radius 2 is 1.74 bits per heavy atom. The Morgan fingerprint density at radius 1 is 1.11 bits per heavy atom. The third-order valence-corrected chi connectivity index (χ3v) is 4.15. The van der Waals surface area contributed by atoms with Crippen molar-refractivity contribution in [1.82, 2.24) is 10.2 Å². The molecule has 1 saturated heterocycles. The van der Waals surface area contributed by atoms with E-state index in [1.54, 1.807) is 0 Å². The lowest BCUT2D eigenvalue weighted by molar-refractivity contribution is -0.125. The number of hydrogen-bond donors (Lipinski definition) is 1. The van der Waals surface area contributed by atoms with Crippen LogP contribution in [-0.4, -0.2) is 37.0 Å². The monoisotopic (exact) mass is 268 g/mol. The molecule has 19 heavy (non-hydrogen) atoms. The Hall–Kier alpha value is -0.570. The molecule has 1 aliphatic rings. The zero-order valence-electron chi connectivity index (χ0n) is 12.9. The van der Waals surface area contributed by atoms with Crippen LogP contribution in [0.25, 0.3) is 0 Å². The Labute approximate surface area is 119 Å². The first-order valence-corrected chi connectivity index (χ1v) is 8.23. The van der Waals surface area contributed by atoms with Crippen molar-refractivity contribution in [1.29, 1.82) is 0 Å². The molecule has 0 aromatic rings. The van der Waals surface area contributed by atoms with E-state index in [0.29, 0.717) is 0 Å². The number of nitrogens with zero attached hydrogens (tertiary/aromatic N) is 1. The van der Waals surface area contributed by atoms with E-state index in [-0.39, 0.29) is 11.9 Å². The van der Waals surface area contributed by atoms with E-state index in [2.05, 4.69) is 17.1 Å². The first kappa shape index (κ1) is 16.5. The predicted octanol–water partition coefficient (Wildman–Crippen LogP) is 3.34. The molecule has 0 aromatic heterocycles. The molecule has 1 aliphatic heterocycles. The van der Waals surface area contributed by atoms with Gasteiger partial charge in [-0.1, -0.05) is 51.9 Å². The zero-order valence-corrected chi connectivity index (χ0v) is 12.9. The van der Waals surface area contributed by atoms with Gasteiger partial charge in [0.15, 0.2) is 0 Å². The van der Waals surface area contributed by atoms with Gasteiger partial charge in [0.25, 0.3) is 0 Å². The molecule has 0 radical (unpaired) electrons. The van der Waals surface area contributed by atoms with Crippen LogP contribution in [0.5, 0.6) is 0 Å². The van der Waals surface area contributed by atoms with Gasteiger partial charge in [0.05, 0.1) is 6.04 Å². The third-order valence-electron chi connectivity index (χ3n) is 4.15. The molecular weight excluding hydrogens is 236 g/mol. The van der Waals surface area contributed by atoms with Crippen LogP contribution in [0.3, 0.4) is 0 Å². The summed E-state index contributed by atoms with van der Waals surface area (Å²) in [5.41, 5.74) is 0. The van der Waals surface area contributed by atoms with Gasteiger partial charge in [0.2, 0.25) is 5.91 Å². The van der Waals surface area contributed by atoms with Gasteiger partial charge < -0.3 is 5.32 Å². The molecule has 1 unspecified atom stereocenters. The molecule has 0 bridgehead atoms. The summed E-state index contributed by atoms with van der Waals surface area (Å²) in [7, 11) is 2.05. The quantitative estimate of drug-likeness (QED) is 0.616. The molecule has 0 aromatic carbocycles. The number of likely N-dealkylation sites (N-methyl/N-ethyl adjacent to an activating group) is 1. The van der Waals surface area contributed by atoms with Crippen molar-refractivity contribution in [3.63, 3.8) is 0 Å². The van der Waals surface area contributed by atoms with Crippen molar-refractivity contribution in [3.8, 4) is 0 Å². The lowest BCUT2D eigenvalue weighted by atomic mass is 10.1. The highest BCUT2D eigenvalue weighted by Gasteiger charge is 2.26. The Kier molecular flexibility index (Phi) is 8.89. The first-order chi connectivity index (χ1) is 9.25. The number of unbranched alkanes of at least 4 members (excludes halogenated alkanes) is 7. The maximum atomic E-state index is 11.9. The molecule has 0 spiro atoms. The van der Waals surface area contributed by atoms with E-state index in [1.165, 1.54) is 44.9 Å². The molecule has 1 atom stereocenters. The number of carbonyl (C=O) groups is 1. The molecular formula is C16H32N2O. The van der Waals surface area contributed by atoms with Crippen LogP contribution in [0.1, 0.15) is 71.1 Å². The summed E-state index contributed by atoms with van der Waals surface area (Å²) in [5.74, 6) is 0.239. The van der Waals surface area contributed by atoms with Crippen LogP contribution >= 0.6 is 0 Å². The average Bonchev–Trinajstić information content (AvgIpc) is 2.83. The minimum Gasteiger partial charge on any atom is -0.355 e. The minimum absolute atomic E-state index is 0.133. The maximum Gasteiger partial charge on any atom is 0.237 e. The summed E-state index contributed by atoms with van der Waals surface area (Å²) < 4.78 is 0. The van der Waals surface area contributed by atoms with Gasteiger partial charge in [0, 0.05) is 6.54 Å². The summed E-state index contributed by atoms with van der Waals surface area (Å²) in [6.07, 6.45) is 12.7. The van der Waals surface area contributed by atoms with Crippen LogP contribution in [0, 0.1) is 0 Å². The summed E-state index contributed by atoms with van der Waals surface area (Å²) in [4.78, 5) is 14.1. The van der Waals surface area contributed by atoms with Crippen LogP contribution in [0.15, 0.2) is 0 Å². The van der Waals surface area contributed by atoms with Gasteiger partial charge in [-0.15, -0.1) is 0 Å². The van der Waals surface area contributed by atoms with Gasteiger partial charge in [0.1, 0.15) is 0 Å². The van der Waals surface area contributed by atoms with Crippen LogP contribution in [0.2, 0.25) is 0 Å². The Bertz CT molecular complexity index is 243. The second-order valence-electron chi connectivity index (χ2n) is 5.90. The maximum absolute atomic E-state index is 11.9. The third kappa shape index (κ3) is 6.95. The second kappa shape index (κ2) is 10.2. The lowest BCUT2D eigenvalue weighted by Crippen LogP contribution is -2.41. The number of rotatable bonds is 10. The fourth-order valence-corrected chi connectivity index (χ4v) is 2.83. The van der Waals surface area contributed by atoms with E-state index in [1.807, 2.05) is 7.05 Å². The minimum atomic E-state index is 0.133. The Balaban J connectivity index is 1.89. The standard InChI is InChI=1S/C16H32N2O/c1-3-4-5-6-7-8-9-10-13-17-16(19)15-12-11-14-18(15)2/h15H,3-14H2,1-2H3,(H,17,19). The molecule has 1 rings (SSSR count). The largest absolute Gasteiger partial charge is 0.355 e. The summed E-state index contributed by atoms with van der Waals surface area (Å²) in [6.45, 7) is 4.18. The molecule has 1 N–H and O–H groups in total. The highest BCUT2D eigenvalue weighted by molar-refractivity contribution is 5.81. The number of carbonyl (C=O) groups excluding carboxylic acids is 1. The van der Waals surface area contributed by atoms with Crippen LogP contribution in [-0.2, 0) is 4.79 Å². The van der Waals surface area contributed by atoms with E-state index < -0.39 is 0 Å². The molecule has 3 nitrogen and oxygen atoms in total. The van der Waals surface area contributed by atoms with Crippen molar-refractivity contribution < 1.29 is 4.79 Å². The van der Waals surface area contributed by atoms with Gasteiger partial charge in [-0.2, -0.15) is 0 Å². The SMILES string of the molecule is CCCCCCCCCCNC(=O)C1CCCN1C. The topological polar surface area (TPSA) is 32.3 Å². The molecule has 0 saturated carbocycles. The van der Waals surface area contributed by atoms with E-state index >= 15 is 0 Å². The average molecular weight is 268 g/mol. The van der Waals surface area contributed by atoms with Crippen LogP contribution in [0.4, 0.5) is 0 Å². The number of likely N-dealkylation sites (tertiary alicyclic amines) is 1. The fourth-order valence-electron chi connectivity index (χ4n) is 2.83. The highest BCUT2D eigenvalue weighted by atomic mass is 16.2. The summed E-state index contributed by atoms with van der Waals surface area (Å²) >= 11 is 0. The second-order valence-corrected chi connectivity index (χ2v) is 5.90. The number of hydrogen-bond acceptors (Lipinski definition) is 2. The van der Waals surface area contributed by atoms with Gasteiger partial charge in [-0.05, 0) is 32.9 Å². The molecule has 1 amide bonds. The van der Waals surface area contributed by atoms with Crippen molar-refractivity contribution in [2.75, 3.05) is 20.1 Å². The van der Waals surface area contributed by atoms with Crippen LogP contribution < -0.4 is 5.32 Å². The number of amides is 1. The lowest BCUT2D eigenvalue weighted by Gasteiger charge is -2.18. The molecule has 3 heteroatoms. The molecule has 112 valence electrons. The highest BCUT2D eigenvalue weighted by Crippen LogP contribution is 2.14. The van der Waals surface area contributed by atoms with Gasteiger partial charge in [-0.3, -0.25) is 9.69 Å². The zero-order chi connectivity index (χ0) is 13.9. The fraction of sp³-hybridized carbons (Fsp3) is 0.938. The van der Waals surface area contributed by atoms with E-state index in [4.69, 9.17) is 0 Å². The smallest absolute Gasteiger partial charge is 0.237 e. The van der Waals surface area contributed by atoms with Crippen molar-refractivity contribution in [2.24, 2.45) is 0 Å². The summed E-state index contributed by atoms with van der Waals surface area (Å²) in [5, 5.41) is 3.09. The van der Waals surface area contributed by atoms with Gasteiger partial charge in [-0.25, -0.2) is 0 Å². The molecule has 1 heterocycles. The molecule has 1 fully saturated rings. The Morgan fingerprint density at radius 3 is 2.32 bits per heavy atom. The van der Waals surface area contributed by atoms with Crippen molar-refractivity contribution in [3.05, 3.63) is 0 Å². The van der Waals surface area contributed by atoms with Crippen molar-refractivity contribution >= 4 is 5.91 Å². The first-order valence-electron chi connectivity index (χ1n) is 8.23. The van der Waals surface area contributed by atoms with E-state index in [9.17, 15) is 4.79 Å². The normalized spacial score (nSPS) is 19.8. The predicted molar refractivity (Wildman–Crippen MR) is 81.3 cm³/mol. The van der Waals surface area contributed by atoms with Crippen molar-refractivity contribution in [2.45, 2.75) is 77.2 Å². The van der Waals surface area contributed by atoms with Gasteiger partial charge >= 0.3 is 0 Å².